The van der Waals surface area contributed by atoms with Crippen LogP contribution in [0, 0.1) is 6.92 Å². The predicted octanol–water partition coefficient (Wildman–Crippen LogP) is 0.471. The normalized spacial score (nSPS) is 12.2. The molecule has 5 aromatic carbocycles. The highest BCUT2D eigenvalue weighted by molar-refractivity contribution is 7.90. The molecule has 40 heavy (non-hydrogen) atoms. The highest BCUT2D eigenvalue weighted by Crippen LogP contribution is 2.39. The zero-order chi connectivity index (χ0) is 27.9. The molecule has 0 saturated carbocycles. The maximum atomic E-state index is 14.2. The molecule has 0 atom stereocenters. The van der Waals surface area contributed by atoms with Crippen molar-refractivity contribution in [2.75, 3.05) is 0 Å². The number of benzene rings is 5. The van der Waals surface area contributed by atoms with E-state index in [0.29, 0.717) is 11.0 Å². The molecule has 2 heterocycles. The van der Waals surface area contributed by atoms with E-state index in [1.807, 2.05) is 55.5 Å². The second kappa shape index (κ2) is 8.70. The molecule has 7 aromatic rings. The molecule has 0 amide bonds. The van der Waals surface area contributed by atoms with Crippen LogP contribution in [0.4, 0.5) is 0 Å². The molecule has 0 fully saturated rings. The van der Waals surface area contributed by atoms with E-state index in [9.17, 15) is 8.42 Å². The van der Waals surface area contributed by atoms with Gasteiger partial charge in [0, 0.05) is 27.1 Å². The summed E-state index contributed by atoms with van der Waals surface area (Å²) in [5.74, 6) is 0. The van der Waals surface area contributed by atoms with Crippen LogP contribution in [-0.4, -0.2) is 48.3 Å². The minimum Gasteiger partial charge on any atom is -0.309 e. The number of para-hydroxylation sites is 2. The first-order chi connectivity index (χ1) is 19.2. The van der Waals surface area contributed by atoms with Gasteiger partial charge in [-0.15, -0.1) is 5.46 Å². The standard InChI is InChI=1S/C31H26B4N2O2S/c1-17-13-15-18(16-14-17)40(38,39)37-22-10-5-3-8-20(22)25-23(11-6-12-24(25)37)36-21-9-4-2-7-19(21)26-27(32)28(33)29(34)30(35)31(26)36/h2-16H,32-35H2,1H3. The third kappa shape index (κ3) is 3.27. The number of hydrogen-bond acceptors (Lipinski definition) is 2. The van der Waals surface area contributed by atoms with E-state index in [-0.39, 0.29) is 4.90 Å². The molecule has 7 rings (SSSR count). The van der Waals surface area contributed by atoms with Crippen molar-refractivity contribution in [1.82, 2.24) is 8.54 Å². The van der Waals surface area contributed by atoms with E-state index in [1.165, 1.54) is 42.1 Å². The Labute approximate surface area is 237 Å². The Bertz CT molecular complexity index is 2290. The molecule has 0 N–H and O–H groups in total. The van der Waals surface area contributed by atoms with Crippen LogP contribution < -0.4 is 21.9 Å². The van der Waals surface area contributed by atoms with Gasteiger partial charge in [-0.05, 0) is 43.3 Å². The summed E-state index contributed by atoms with van der Waals surface area (Å²) in [5, 5.41) is 4.29. The Morgan fingerprint density at radius 1 is 0.575 bits per heavy atom. The van der Waals surface area contributed by atoms with Crippen LogP contribution in [-0.2, 0) is 10.0 Å². The minimum atomic E-state index is -3.86. The summed E-state index contributed by atoms with van der Waals surface area (Å²) in [6.45, 7) is 1.96. The summed E-state index contributed by atoms with van der Waals surface area (Å²) in [7, 11) is 4.95. The summed E-state index contributed by atoms with van der Waals surface area (Å²) in [4.78, 5) is 0.278. The van der Waals surface area contributed by atoms with Crippen molar-refractivity contribution in [2.24, 2.45) is 0 Å². The molecule has 190 valence electrons. The van der Waals surface area contributed by atoms with Crippen LogP contribution in [0.3, 0.4) is 0 Å². The average Bonchev–Trinajstić information content (AvgIpc) is 3.49. The molecule has 0 aliphatic rings. The highest BCUT2D eigenvalue weighted by atomic mass is 32.2. The Balaban J connectivity index is 1.68. The quantitative estimate of drug-likeness (QED) is 0.310. The third-order valence-electron chi connectivity index (χ3n) is 8.72. The molecule has 9 heteroatoms. The van der Waals surface area contributed by atoms with Gasteiger partial charge >= 0.3 is 0 Å². The molecule has 0 aliphatic heterocycles. The molecule has 0 radical (unpaired) electrons. The second-order valence-electron chi connectivity index (χ2n) is 10.8. The average molecular weight is 534 g/mol. The fraction of sp³-hybridized carbons (Fsp3) is 0.0323. The van der Waals surface area contributed by atoms with Crippen molar-refractivity contribution in [3.63, 3.8) is 0 Å². The van der Waals surface area contributed by atoms with Gasteiger partial charge in [0.25, 0.3) is 10.0 Å². The summed E-state index contributed by atoms with van der Waals surface area (Å²) in [6.07, 6.45) is 0. The van der Waals surface area contributed by atoms with Gasteiger partial charge in [-0.25, -0.2) is 12.4 Å². The van der Waals surface area contributed by atoms with Crippen LogP contribution >= 0.6 is 0 Å². The lowest BCUT2D eigenvalue weighted by Crippen LogP contribution is -2.48. The molecule has 4 nitrogen and oxygen atoms in total. The van der Waals surface area contributed by atoms with Crippen molar-refractivity contribution >= 4 is 107 Å². The number of rotatable bonds is 3. The SMILES string of the molecule is Bc1c(B)c(B)c2c(c1B)c1ccccc1n2-c1cccc2c1c1ccccc1n2S(=O)(=O)c1ccc(C)cc1. The lowest BCUT2D eigenvalue weighted by atomic mass is 9.65. The summed E-state index contributed by atoms with van der Waals surface area (Å²) in [5.41, 5.74) is 10.7. The van der Waals surface area contributed by atoms with Gasteiger partial charge in [0.15, 0.2) is 0 Å². The van der Waals surface area contributed by atoms with Crippen LogP contribution in [0.5, 0.6) is 0 Å². The first-order valence-electron chi connectivity index (χ1n) is 13.6. The van der Waals surface area contributed by atoms with E-state index in [4.69, 9.17) is 0 Å². The molecule has 2 aromatic heterocycles. The molecule has 0 spiro atoms. The van der Waals surface area contributed by atoms with E-state index >= 15 is 0 Å². The van der Waals surface area contributed by atoms with Crippen LogP contribution in [0.2, 0.25) is 0 Å². The van der Waals surface area contributed by atoms with E-state index in [1.54, 1.807) is 12.1 Å². The Morgan fingerprint density at radius 2 is 1.15 bits per heavy atom. The number of fused-ring (bicyclic) bond motifs is 6. The maximum Gasteiger partial charge on any atom is 0.268 e. The molecule has 0 bridgehead atoms. The Hall–Kier alpha value is -4.09. The van der Waals surface area contributed by atoms with Gasteiger partial charge in [0.2, 0.25) is 0 Å². The van der Waals surface area contributed by atoms with Crippen molar-refractivity contribution in [3.8, 4) is 5.69 Å². The molecule has 0 aliphatic carbocycles. The van der Waals surface area contributed by atoms with Gasteiger partial charge < -0.3 is 4.57 Å². The van der Waals surface area contributed by atoms with Crippen molar-refractivity contribution in [3.05, 3.63) is 96.6 Å². The number of aryl methyl sites for hydroxylation is 1. The fourth-order valence-electron chi connectivity index (χ4n) is 6.38. The second-order valence-corrected chi connectivity index (χ2v) is 12.6. The van der Waals surface area contributed by atoms with Crippen LogP contribution in [0.25, 0.3) is 49.3 Å². The third-order valence-corrected chi connectivity index (χ3v) is 10.5. The maximum absolute atomic E-state index is 14.2. The topological polar surface area (TPSA) is 44.0 Å². The number of aromatic nitrogens is 2. The zero-order valence-corrected chi connectivity index (χ0v) is 24.1. The van der Waals surface area contributed by atoms with Crippen LogP contribution in [0.1, 0.15) is 5.56 Å². The fourth-order valence-corrected chi connectivity index (χ4v) is 7.90. The monoisotopic (exact) mass is 534 g/mol. The number of nitrogens with zero attached hydrogens (tertiary/aromatic N) is 2. The molecule has 0 saturated heterocycles. The van der Waals surface area contributed by atoms with Gasteiger partial charge in [0.05, 0.1) is 27.1 Å². The minimum absolute atomic E-state index is 0.278. The molecular weight excluding hydrogens is 508 g/mol. The largest absolute Gasteiger partial charge is 0.309 e. The molecule has 0 unspecified atom stereocenters. The van der Waals surface area contributed by atoms with Crippen molar-refractivity contribution in [2.45, 2.75) is 11.8 Å². The van der Waals surface area contributed by atoms with E-state index in [0.717, 1.165) is 27.5 Å². The summed E-state index contributed by atoms with van der Waals surface area (Å²) in [6, 6.07) is 29.4. The summed E-state index contributed by atoms with van der Waals surface area (Å²) < 4.78 is 32.3. The lowest BCUT2D eigenvalue weighted by molar-refractivity contribution is 0.590. The van der Waals surface area contributed by atoms with E-state index in [2.05, 4.69) is 66.3 Å². The van der Waals surface area contributed by atoms with Crippen molar-refractivity contribution < 1.29 is 8.42 Å². The first kappa shape index (κ1) is 24.9. The number of hydrogen-bond donors (Lipinski definition) is 0. The first-order valence-corrected chi connectivity index (χ1v) is 15.0. The lowest BCUT2D eigenvalue weighted by Gasteiger charge is -2.16. The zero-order valence-electron chi connectivity index (χ0n) is 23.3. The Morgan fingerprint density at radius 3 is 1.85 bits per heavy atom. The van der Waals surface area contributed by atoms with Crippen LogP contribution in [0.15, 0.2) is 95.9 Å². The van der Waals surface area contributed by atoms with Gasteiger partial charge in [-0.3, -0.25) is 0 Å². The van der Waals surface area contributed by atoms with E-state index < -0.39 is 10.0 Å². The van der Waals surface area contributed by atoms with Crippen molar-refractivity contribution in [1.29, 1.82) is 0 Å². The molecular formula is C31H26B4N2O2S. The van der Waals surface area contributed by atoms with Gasteiger partial charge in [-0.2, -0.15) is 0 Å². The highest BCUT2D eigenvalue weighted by Gasteiger charge is 2.26. The smallest absolute Gasteiger partial charge is 0.268 e. The Kier molecular flexibility index (Phi) is 5.42. The van der Waals surface area contributed by atoms with Gasteiger partial charge in [-0.1, -0.05) is 76.5 Å². The summed E-state index contributed by atoms with van der Waals surface area (Å²) >= 11 is 0. The van der Waals surface area contributed by atoms with Gasteiger partial charge in [0.1, 0.15) is 31.4 Å². The predicted molar refractivity (Wildman–Crippen MR) is 180 cm³/mol.